The highest BCUT2D eigenvalue weighted by Crippen LogP contribution is 2.27. The van der Waals surface area contributed by atoms with Crippen molar-refractivity contribution in [1.29, 1.82) is 0 Å². The summed E-state index contributed by atoms with van der Waals surface area (Å²) in [6.45, 7) is 10.7. The van der Waals surface area contributed by atoms with E-state index in [4.69, 9.17) is 12.2 Å². The molecule has 1 aliphatic rings. The van der Waals surface area contributed by atoms with Gasteiger partial charge in [-0.2, -0.15) is 5.10 Å². The molecule has 0 saturated carbocycles. The number of aryl methyl sites for hydroxylation is 4. The summed E-state index contributed by atoms with van der Waals surface area (Å²) >= 11 is 5.39. The molecule has 0 aliphatic carbocycles. The third-order valence-electron chi connectivity index (χ3n) is 5.00. The van der Waals surface area contributed by atoms with Gasteiger partial charge in [-0.15, -0.1) is 0 Å². The van der Waals surface area contributed by atoms with Crippen molar-refractivity contribution >= 4 is 34.9 Å². The van der Waals surface area contributed by atoms with Crippen LogP contribution in [0.3, 0.4) is 0 Å². The molecule has 0 atom stereocenters. The second-order valence-corrected chi connectivity index (χ2v) is 7.58. The van der Waals surface area contributed by atoms with Crippen LogP contribution in [0.5, 0.6) is 0 Å². The molecule has 2 aromatic rings. The van der Waals surface area contributed by atoms with E-state index >= 15 is 0 Å². The number of hydrogen-bond donors (Lipinski definition) is 2. The van der Waals surface area contributed by atoms with Crippen LogP contribution < -0.4 is 15.6 Å². The first kappa shape index (κ1) is 19.4. The molecule has 0 bridgehead atoms. The molecule has 2 N–H and O–H groups in total. The minimum atomic E-state index is 0.497. The summed E-state index contributed by atoms with van der Waals surface area (Å²) < 4.78 is 0. The lowest BCUT2D eigenvalue weighted by atomic mass is 9.99. The molecule has 0 spiro atoms. The molecular weight excluding hydrogens is 352 g/mol. The number of thiocarbonyl (C=S) groups is 1. The van der Waals surface area contributed by atoms with Gasteiger partial charge < -0.3 is 10.2 Å². The third kappa shape index (κ3) is 4.66. The largest absolute Gasteiger partial charge is 0.372 e. The zero-order valence-corrected chi connectivity index (χ0v) is 17.4. The number of benzene rings is 2. The van der Waals surface area contributed by atoms with Crippen LogP contribution >= 0.6 is 12.2 Å². The molecule has 0 unspecified atom stereocenters. The molecule has 3 rings (SSSR count). The van der Waals surface area contributed by atoms with Crippen LogP contribution in [0.15, 0.2) is 35.4 Å². The fourth-order valence-corrected chi connectivity index (χ4v) is 3.94. The van der Waals surface area contributed by atoms with Gasteiger partial charge in [0.05, 0.1) is 6.21 Å². The predicted molar refractivity (Wildman–Crippen MR) is 120 cm³/mol. The summed E-state index contributed by atoms with van der Waals surface area (Å²) in [5, 5.41) is 8.06. The molecule has 0 fully saturated rings. The van der Waals surface area contributed by atoms with Crippen molar-refractivity contribution in [3.8, 4) is 0 Å². The Bertz CT molecular complexity index is 850. The standard InChI is InChI=1S/C22H28N4S/c1-5-26-10-6-7-19-13-18(8-9-20(19)26)14-23-25-22(27)24-21-16(3)11-15(2)12-17(21)4/h8-9,11-14H,5-7,10H2,1-4H3,(H2,24,25,27)/b23-14-. The van der Waals surface area contributed by atoms with Gasteiger partial charge in [0.15, 0.2) is 5.11 Å². The Hall–Kier alpha value is -2.40. The van der Waals surface area contributed by atoms with Crippen molar-refractivity contribution in [3.63, 3.8) is 0 Å². The Labute approximate surface area is 167 Å². The van der Waals surface area contributed by atoms with E-state index in [1.807, 2.05) is 6.21 Å². The van der Waals surface area contributed by atoms with Crippen LogP contribution in [-0.2, 0) is 6.42 Å². The summed E-state index contributed by atoms with van der Waals surface area (Å²) in [7, 11) is 0. The third-order valence-corrected chi connectivity index (χ3v) is 5.19. The maximum atomic E-state index is 5.39. The van der Waals surface area contributed by atoms with E-state index in [0.717, 1.165) is 30.8 Å². The van der Waals surface area contributed by atoms with Gasteiger partial charge in [0.1, 0.15) is 0 Å². The highest BCUT2D eigenvalue weighted by molar-refractivity contribution is 7.80. The molecule has 0 saturated heterocycles. The minimum absolute atomic E-state index is 0.497. The number of nitrogens with zero attached hydrogens (tertiary/aromatic N) is 2. The van der Waals surface area contributed by atoms with E-state index in [9.17, 15) is 0 Å². The van der Waals surface area contributed by atoms with E-state index < -0.39 is 0 Å². The first-order valence-electron chi connectivity index (χ1n) is 9.53. The number of nitrogens with one attached hydrogen (secondary N) is 2. The van der Waals surface area contributed by atoms with Crippen LogP contribution in [0, 0.1) is 20.8 Å². The summed E-state index contributed by atoms with van der Waals surface area (Å²) in [4.78, 5) is 2.43. The van der Waals surface area contributed by atoms with Crippen molar-refractivity contribution < 1.29 is 0 Å². The number of fused-ring (bicyclic) bond motifs is 1. The average molecular weight is 381 g/mol. The average Bonchev–Trinajstić information content (AvgIpc) is 2.64. The molecule has 5 heteroatoms. The first-order chi connectivity index (χ1) is 13.0. The van der Waals surface area contributed by atoms with Gasteiger partial charge in [0.2, 0.25) is 0 Å². The Kier molecular flexibility index (Phi) is 6.11. The van der Waals surface area contributed by atoms with Crippen LogP contribution in [-0.4, -0.2) is 24.4 Å². The lowest BCUT2D eigenvalue weighted by Gasteiger charge is -2.30. The zero-order valence-electron chi connectivity index (χ0n) is 16.6. The van der Waals surface area contributed by atoms with Crippen molar-refractivity contribution in [3.05, 3.63) is 58.1 Å². The van der Waals surface area contributed by atoms with Gasteiger partial charge in [-0.25, -0.2) is 0 Å². The lowest BCUT2D eigenvalue weighted by molar-refractivity contribution is 0.708. The van der Waals surface area contributed by atoms with Gasteiger partial charge in [-0.1, -0.05) is 23.8 Å². The Morgan fingerprint density at radius 2 is 1.93 bits per heavy atom. The van der Waals surface area contributed by atoms with E-state index in [1.165, 1.54) is 34.4 Å². The molecule has 0 aromatic heterocycles. The second-order valence-electron chi connectivity index (χ2n) is 7.17. The lowest BCUT2D eigenvalue weighted by Crippen LogP contribution is -2.28. The Morgan fingerprint density at radius 3 is 2.63 bits per heavy atom. The number of hydrogen-bond acceptors (Lipinski definition) is 3. The number of rotatable bonds is 4. The van der Waals surface area contributed by atoms with Crippen LogP contribution in [0.1, 0.15) is 41.2 Å². The van der Waals surface area contributed by atoms with E-state index in [-0.39, 0.29) is 0 Å². The molecule has 0 radical (unpaired) electrons. The maximum Gasteiger partial charge on any atom is 0.191 e. The second kappa shape index (κ2) is 8.53. The summed E-state index contributed by atoms with van der Waals surface area (Å²) in [6, 6.07) is 10.8. The van der Waals surface area contributed by atoms with E-state index in [1.54, 1.807) is 0 Å². The van der Waals surface area contributed by atoms with Crippen molar-refractivity contribution in [2.24, 2.45) is 5.10 Å². The van der Waals surface area contributed by atoms with Crippen molar-refractivity contribution in [2.75, 3.05) is 23.3 Å². The van der Waals surface area contributed by atoms with Crippen LogP contribution in [0.4, 0.5) is 11.4 Å². The van der Waals surface area contributed by atoms with Gasteiger partial charge in [-0.3, -0.25) is 5.43 Å². The van der Waals surface area contributed by atoms with Gasteiger partial charge in [0.25, 0.3) is 0 Å². The number of anilines is 2. The molecular formula is C22H28N4S. The Balaban J connectivity index is 1.63. The molecule has 27 heavy (non-hydrogen) atoms. The van der Waals surface area contributed by atoms with Crippen LogP contribution in [0.2, 0.25) is 0 Å². The van der Waals surface area contributed by atoms with Crippen LogP contribution in [0.25, 0.3) is 0 Å². The quantitative estimate of drug-likeness (QED) is 0.458. The van der Waals surface area contributed by atoms with Crippen molar-refractivity contribution in [1.82, 2.24) is 5.43 Å². The maximum absolute atomic E-state index is 5.39. The highest BCUT2D eigenvalue weighted by atomic mass is 32.1. The summed E-state index contributed by atoms with van der Waals surface area (Å²) in [5.74, 6) is 0. The zero-order chi connectivity index (χ0) is 19.4. The van der Waals surface area contributed by atoms with Gasteiger partial charge in [0, 0.05) is 24.5 Å². The molecule has 0 amide bonds. The minimum Gasteiger partial charge on any atom is -0.372 e. The topological polar surface area (TPSA) is 39.7 Å². The Morgan fingerprint density at radius 1 is 1.19 bits per heavy atom. The molecule has 2 aromatic carbocycles. The molecule has 142 valence electrons. The molecule has 1 aliphatic heterocycles. The predicted octanol–water partition coefficient (Wildman–Crippen LogP) is 4.70. The van der Waals surface area contributed by atoms with Gasteiger partial charge in [-0.05, 0) is 87.1 Å². The SMILES string of the molecule is CCN1CCCc2cc(/C=N\NC(=S)Nc3c(C)cc(C)cc3C)ccc21. The summed E-state index contributed by atoms with van der Waals surface area (Å²) in [6.07, 6.45) is 4.17. The monoisotopic (exact) mass is 380 g/mol. The normalized spacial score (nSPS) is 13.6. The van der Waals surface area contributed by atoms with Crippen molar-refractivity contribution in [2.45, 2.75) is 40.5 Å². The summed E-state index contributed by atoms with van der Waals surface area (Å²) in [5.41, 5.74) is 11.4. The smallest absolute Gasteiger partial charge is 0.191 e. The van der Waals surface area contributed by atoms with E-state index in [0.29, 0.717) is 5.11 Å². The fraction of sp³-hybridized carbons (Fsp3) is 0.364. The molecule has 1 heterocycles. The first-order valence-corrected chi connectivity index (χ1v) is 9.94. The fourth-order valence-electron chi connectivity index (χ4n) is 3.79. The molecule has 4 nitrogen and oxygen atoms in total. The highest BCUT2D eigenvalue weighted by Gasteiger charge is 2.15. The number of hydrazone groups is 1. The van der Waals surface area contributed by atoms with E-state index in [2.05, 4.69) is 78.8 Å². The van der Waals surface area contributed by atoms with Gasteiger partial charge >= 0.3 is 0 Å².